The minimum absolute atomic E-state index is 0.0603. The van der Waals surface area contributed by atoms with Crippen molar-refractivity contribution in [1.29, 1.82) is 0 Å². The van der Waals surface area contributed by atoms with Gasteiger partial charge in [0.2, 0.25) is 0 Å². The third-order valence-corrected chi connectivity index (χ3v) is 8.53. The second-order valence-electron chi connectivity index (χ2n) is 11.4. The molecule has 0 saturated carbocycles. The summed E-state index contributed by atoms with van der Waals surface area (Å²) >= 11 is 2.30. The van der Waals surface area contributed by atoms with Crippen LogP contribution in [-0.4, -0.2) is 60.4 Å². The van der Waals surface area contributed by atoms with Crippen LogP contribution in [0, 0.1) is 10.5 Å². The van der Waals surface area contributed by atoms with Crippen molar-refractivity contribution >= 4 is 40.5 Å². The van der Waals surface area contributed by atoms with Gasteiger partial charge in [-0.3, -0.25) is 10.2 Å². The minimum atomic E-state index is -0.560. The Kier molecular flexibility index (Phi) is 8.37. The second-order valence-corrected chi connectivity index (χ2v) is 12.6. The summed E-state index contributed by atoms with van der Waals surface area (Å²) in [6.45, 7) is 11.3. The van der Waals surface area contributed by atoms with Crippen molar-refractivity contribution in [1.82, 2.24) is 9.80 Å². The quantitative estimate of drug-likeness (QED) is 0.300. The number of halogens is 1. The molecule has 3 aromatic carbocycles. The molecule has 0 bridgehead atoms. The summed E-state index contributed by atoms with van der Waals surface area (Å²) in [4.78, 5) is 29.5. The maximum absolute atomic E-state index is 13.0. The van der Waals surface area contributed by atoms with Crippen LogP contribution in [-0.2, 0) is 16.0 Å². The zero-order valence-corrected chi connectivity index (χ0v) is 25.7. The van der Waals surface area contributed by atoms with E-state index in [-0.39, 0.29) is 12.0 Å². The summed E-state index contributed by atoms with van der Waals surface area (Å²) in [5.74, 6) is 0.0603. The first-order chi connectivity index (χ1) is 19.1. The van der Waals surface area contributed by atoms with Gasteiger partial charge in [-0.05, 0) is 95.8 Å². The van der Waals surface area contributed by atoms with E-state index < -0.39 is 11.7 Å². The molecule has 1 aliphatic carbocycles. The Morgan fingerprint density at radius 2 is 1.55 bits per heavy atom. The number of hydrogen-bond donors (Lipinski definition) is 1. The molecule has 1 heterocycles. The van der Waals surface area contributed by atoms with Crippen LogP contribution in [0.4, 0.5) is 15.3 Å². The highest BCUT2D eigenvalue weighted by atomic mass is 127. The SMILES string of the molecule is Cc1c(I)cc(CN2CCN(C(=O)OCC3c4ccccc4-c4ccccc43)CC2)cc1NC(=O)OC(C)(C)C. The van der Waals surface area contributed by atoms with E-state index in [1.54, 1.807) is 4.90 Å². The molecule has 1 saturated heterocycles. The van der Waals surface area contributed by atoms with E-state index in [0.29, 0.717) is 19.7 Å². The Morgan fingerprint density at radius 1 is 0.950 bits per heavy atom. The summed E-state index contributed by atoms with van der Waals surface area (Å²) in [5.41, 5.74) is 7.20. The molecule has 2 amide bonds. The molecule has 7 nitrogen and oxygen atoms in total. The average Bonchev–Trinajstić information content (AvgIpc) is 3.23. The lowest BCUT2D eigenvalue weighted by molar-refractivity contribution is 0.0635. The number of rotatable bonds is 5. The molecule has 0 spiro atoms. The van der Waals surface area contributed by atoms with Gasteiger partial charge in [0.25, 0.3) is 0 Å². The molecule has 1 N–H and O–H groups in total. The predicted octanol–water partition coefficient (Wildman–Crippen LogP) is 7.01. The molecule has 0 atom stereocenters. The van der Waals surface area contributed by atoms with Gasteiger partial charge in [-0.15, -0.1) is 0 Å². The number of anilines is 1. The monoisotopic (exact) mass is 653 g/mol. The van der Waals surface area contributed by atoms with Crippen LogP contribution in [0.25, 0.3) is 11.1 Å². The first-order valence-corrected chi connectivity index (χ1v) is 14.8. The molecule has 0 radical (unpaired) electrons. The molecule has 1 aliphatic heterocycles. The van der Waals surface area contributed by atoms with Gasteiger partial charge in [-0.1, -0.05) is 48.5 Å². The maximum atomic E-state index is 13.0. The van der Waals surface area contributed by atoms with Gasteiger partial charge in [0.1, 0.15) is 12.2 Å². The van der Waals surface area contributed by atoms with E-state index in [2.05, 4.69) is 75.3 Å². The number of carbonyl (C=O) groups is 2. The number of nitrogens with zero attached hydrogens (tertiary/aromatic N) is 2. The van der Waals surface area contributed by atoms with Crippen LogP contribution >= 0.6 is 22.6 Å². The second kappa shape index (κ2) is 11.8. The zero-order valence-electron chi connectivity index (χ0n) is 23.5. The third kappa shape index (κ3) is 6.44. The Labute approximate surface area is 250 Å². The fourth-order valence-electron chi connectivity index (χ4n) is 5.40. The summed E-state index contributed by atoms with van der Waals surface area (Å²) in [7, 11) is 0. The molecule has 8 heteroatoms. The first-order valence-electron chi connectivity index (χ1n) is 13.7. The van der Waals surface area contributed by atoms with E-state index in [1.165, 1.54) is 22.3 Å². The zero-order chi connectivity index (χ0) is 28.4. The number of nitrogens with one attached hydrogen (secondary N) is 1. The molecule has 210 valence electrons. The van der Waals surface area contributed by atoms with Crippen LogP contribution in [0.15, 0.2) is 60.7 Å². The largest absolute Gasteiger partial charge is 0.448 e. The van der Waals surface area contributed by atoms with Crippen LogP contribution in [0.5, 0.6) is 0 Å². The highest BCUT2D eigenvalue weighted by molar-refractivity contribution is 14.1. The normalized spacial score (nSPS) is 15.4. The smallest absolute Gasteiger partial charge is 0.412 e. The van der Waals surface area contributed by atoms with Crippen molar-refractivity contribution in [3.05, 3.63) is 86.5 Å². The molecular formula is C32H36IN3O4. The Bertz CT molecular complexity index is 1360. The first kappa shape index (κ1) is 28.4. The van der Waals surface area contributed by atoms with Gasteiger partial charge in [-0.2, -0.15) is 0 Å². The molecule has 2 aliphatic rings. The van der Waals surface area contributed by atoms with Crippen molar-refractivity contribution in [3.63, 3.8) is 0 Å². The van der Waals surface area contributed by atoms with E-state index >= 15 is 0 Å². The number of fused-ring (bicyclic) bond motifs is 3. The summed E-state index contributed by atoms with van der Waals surface area (Å²) in [6, 6.07) is 20.9. The van der Waals surface area contributed by atoms with Gasteiger partial charge in [0.05, 0.1) is 0 Å². The lowest BCUT2D eigenvalue weighted by atomic mass is 9.98. The van der Waals surface area contributed by atoms with Crippen LogP contribution in [0.1, 0.15) is 48.9 Å². The van der Waals surface area contributed by atoms with Crippen molar-refractivity contribution in [2.24, 2.45) is 0 Å². The number of piperazine rings is 1. The topological polar surface area (TPSA) is 71.1 Å². The van der Waals surface area contributed by atoms with Gasteiger partial charge in [0, 0.05) is 47.9 Å². The van der Waals surface area contributed by atoms with E-state index in [4.69, 9.17) is 9.47 Å². The number of amides is 2. The molecular weight excluding hydrogens is 617 g/mol. The van der Waals surface area contributed by atoms with Crippen molar-refractivity contribution in [3.8, 4) is 11.1 Å². The van der Waals surface area contributed by atoms with E-state index in [9.17, 15) is 9.59 Å². The molecule has 40 heavy (non-hydrogen) atoms. The van der Waals surface area contributed by atoms with Crippen molar-refractivity contribution in [2.45, 2.75) is 45.8 Å². The minimum Gasteiger partial charge on any atom is -0.448 e. The molecule has 3 aromatic rings. The van der Waals surface area contributed by atoms with Crippen molar-refractivity contribution in [2.75, 3.05) is 38.1 Å². The van der Waals surface area contributed by atoms with Gasteiger partial charge < -0.3 is 14.4 Å². The molecule has 0 aromatic heterocycles. The summed E-state index contributed by atoms with van der Waals surface area (Å²) < 4.78 is 12.4. The lowest BCUT2D eigenvalue weighted by Gasteiger charge is -2.34. The lowest BCUT2D eigenvalue weighted by Crippen LogP contribution is -2.48. The molecule has 1 fully saturated rings. The third-order valence-electron chi connectivity index (χ3n) is 7.41. The Morgan fingerprint density at radius 3 is 2.15 bits per heavy atom. The number of carbonyl (C=O) groups excluding carboxylic acids is 2. The summed E-state index contributed by atoms with van der Waals surface area (Å²) in [6.07, 6.45) is -0.712. The Balaban J connectivity index is 1.15. The highest BCUT2D eigenvalue weighted by Gasteiger charge is 2.30. The fourth-order valence-corrected chi connectivity index (χ4v) is 6.09. The Hall–Kier alpha value is -3.11. The van der Waals surface area contributed by atoms with E-state index in [1.807, 2.05) is 45.9 Å². The standard InChI is InChI=1S/C32H36IN3O4/c1-21-28(33)17-22(18-29(21)34-30(37)40-32(2,3)4)19-35-13-15-36(16-14-35)31(38)39-20-27-25-11-7-5-9-23(25)24-10-6-8-12-26(24)27/h5-12,17-18,27H,13-16,19-20H2,1-4H3,(H,34,37). The number of benzene rings is 3. The van der Waals surface area contributed by atoms with E-state index in [0.717, 1.165) is 40.0 Å². The fraction of sp³-hybridized carbons (Fsp3) is 0.375. The predicted molar refractivity (Wildman–Crippen MR) is 166 cm³/mol. The number of hydrogen-bond acceptors (Lipinski definition) is 5. The maximum Gasteiger partial charge on any atom is 0.412 e. The van der Waals surface area contributed by atoms with Gasteiger partial charge in [-0.25, -0.2) is 9.59 Å². The summed E-state index contributed by atoms with van der Waals surface area (Å²) in [5, 5.41) is 2.90. The average molecular weight is 654 g/mol. The molecule has 0 unspecified atom stereocenters. The number of ether oxygens (including phenoxy) is 2. The van der Waals surface area contributed by atoms with Crippen LogP contribution < -0.4 is 5.32 Å². The van der Waals surface area contributed by atoms with Crippen molar-refractivity contribution < 1.29 is 19.1 Å². The van der Waals surface area contributed by atoms with Gasteiger partial charge >= 0.3 is 12.2 Å². The molecule has 5 rings (SSSR count). The van der Waals surface area contributed by atoms with Gasteiger partial charge in [0.15, 0.2) is 0 Å². The van der Waals surface area contributed by atoms with Crippen LogP contribution in [0.3, 0.4) is 0 Å². The van der Waals surface area contributed by atoms with Crippen LogP contribution in [0.2, 0.25) is 0 Å². The highest BCUT2D eigenvalue weighted by Crippen LogP contribution is 2.44.